The number of hydrogen-bond donors (Lipinski definition) is 2. The number of hydrogen-bond acceptors (Lipinski definition) is 6. The number of fused-ring (bicyclic) bond motifs is 1. The molecule has 0 saturated carbocycles. The summed E-state index contributed by atoms with van der Waals surface area (Å²) in [6.07, 6.45) is 1.21. The number of nitrogens with one attached hydrogen (secondary N) is 2. The summed E-state index contributed by atoms with van der Waals surface area (Å²) in [6.45, 7) is 3.31. The first-order valence-corrected chi connectivity index (χ1v) is 12.9. The van der Waals surface area contributed by atoms with Crippen molar-refractivity contribution in [2.75, 3.05) is 24.5 Å². The summed E-state index contributed by atoms with van der Waals surface area (Å²) in [4.78, 5) is 64.8. The van der Waals surface area contributed by atoms with Gasteiger partial charge in [0.15, 0.2) is 0 Å². The molecule has 2 aromatic rings. The van der Waals surface area contributed by atoms with E-state index in [0.717, 1.165) is 11.0 Å². The van der Waals surface area contributed by atoms with Crippen molar-refractivity contribution in [2.24, 2.45) is 5.41 Å². The number of rotatable bonds is 6. The molecule has 5 amide bonds. The molecule has 3 aliphatic rings. The van der Waals surface area contributed by atoms with Crippen LogP contribution in [0.25, 0.3) is 0 Å². The normalized spacial score (nSPS) is 20.6. The smallest absolute Gasteiger partial charge is 0.262 e. The highest BCUT2D eigenvalue weighted by molar-refractivity contribution is 6.23. The van der Waals surface area contributed by atoms with Crippen LogP contribution in [0.1, 0.15) is 58.9 Å². The van der Waals surface area contributed by atoms with Crippen molar-refractivity contribution in [1.82, 2.24) is 15.5 Å². The van der Waals surface area contributed by atoms with Crippen LogP contribution in [0.3, 0.4) is 0 Å². The molecule has 0 spiro atoms. The third-order valence-electron chi connectivity index (χ3n) is 7.84. The third-order valence-corrected chi connectivity index (χ3v) is 7.84. The predicted octanol–water partition coefficient (Wildman–Crippen LogP) is 2.33. The number of carbonyl (C=O) groups excluding carboxylic acids is 5. The standard InChI is InChI=1S/C28H28F2N4O5/c1-28(15-31-24(36)12-16-4-2-3-5-19(16)29)8-10-33(11-9-28)22-14-18-17(13-20(22)30)26(38)34(27(18)39)21-6-7-23(35)32-25(21)37/h2-5,13-14,21H,6-12,15H2,1H3,(H,31,36)(H,32,35,37). The quantitative estimate of drug-likeness (QED) is 0.546. The Bertz CT molecular complexity index is 1390. The molecule has 2 saturated heterocycles. The Balaban J connectivity index is 1.23. The maximum absolute atomic E-state index is 15.2. The van der Waals surface area contributed by atoms with E-state index in [2.05, 4.69) is 10.6 Å². The molecule has 0 aromatic heterocycles. The SMILES string of the molecule is CC1(CNC(=O)Cc2ccccc2F)CCN(c2cc3c(cc2F)C(=O)N(C2CCC(=O)NC2=O)C3=O)CC1. The van der Waals surface area contributed by atoms with Gasteiger partial charge in [-0.2, -0.15) is 0 Å². The lowest BCUT2D eigenvalue weighted by Gasteiger charge is -2.40. The summed E-state index contributed by atoms with van der Waals surface area (Å²) in [7, 11) is 0. The van der Waals surface area contributed by atoms with E-state index in [1.807, 2.05) is 6.92 Å². The molecule has 3 aliphatic heterocycles. The first kappa shape index (κ1) is 26.5. The zero-order valence-corrected chi connectivity index (χ0v) is 21.4. The van der Waals surface area contributed by atoms with Crippen molar-refractivity contribution in [2.45, 2.75) is 45.1 Å². The highest BCUT2D eigenvalue weighted by Gasteiger charge is 2.45. The maximum atomic E-state index is 15.2. The summed E-state index contributed by atoms with van der Waals surface area (Å²) in [5, 5.41) is 5.02. The monoisotopic (exact) mass is 538 g/mol. The van der Waals surface area contributed by atoms with Crippen molar-refractivity contribution in [3.8, 4) is 0 Å². The molecule has 9 nitrogen and oxygen atoms in total. The van der Waals surface area contributed by atoms with E-state index in [-0.39, 0.29) is 47.4 Å². The van der Waals surface area contributed by atoms with Crippen LogP contribution in [0, 0.1) is 17.0 Å². The zero-order chi connectivity index (χ0) is 27.9. The number of carbonyl (C=O) groups is 5. The number of imide groups is 2. The number of anilines is 1. The molecule has 5 rings (SSSR count). The number of halogens is 2. The highest BCUT2D eigenvalue weighted by Crippen LogP contribution is 2.37. The minimum Gasteiger partial charge on any atom is -0.369 e. The minimum absolute atomic E-state index is 0.000431. The molecule has 39 heavy (non-hydrogen) atoms. The predicted molar refractivity (Wildman–Crippen MR) is 136 cm³/mol. The van der Waals surface area contributed by atoms with Gasteiger partial charge in [-0.3, -0.25) is 34.2 Å². The highest BCUT2D eigenvalue weighted by atomic mass is 19.1. The first-order chi connectivity index (χ1) is 18.6. The van der Waals surface area contributed by atoms with Crippen LogP contribution in [-0.2, 0) is 20.8 Å². The van der Waals surface area contributed by atoms with Gasteiger partial charge < -0.3 is 10.2 Å². The van der Waals surface area contributed by atoms with Gasteiger partial charge in [0.2, 0.25) is 17.7 Å². The Kier molecular flexibility index (Phi) is 6.92. The van der Waals surface area contributed by atoms with Gasteiger partial charge in [0.25, 0.3) is 11.8 Å². The van der Waals surface area contributed by atoms with Crippen LogP contribution in [-0.4, -0.2) is 60.1 Å². The van der Waals surface area contributed by atoms with Gasteiger partial charge >= 0.3 is 0 Å². The molecule has 0 aliphatic carbocycles. The van der Waals surface area contributed by atoms with Crippen molar-refractivity contribution in [3.05, 3.63) is 64.7 Å². The van der Waals surface area contributed by atoms with Crippen molar-refractivity contribution in [1.29, 1.82) is 0 Å². The fourth-order valence-electron chi connectivity index (χ4n) is 5.37. The van der Waals surface area contributed by atoms with Crippen molar-refractivity contribution >= 4 is 35.2 Å². The molecule has 1 unspecified atom stereocenters. The molecule has 1 atom stereocenters. The average molecular weight is 539 g/mol. The Morgan fingerprint density at radius 3 is 2.36 bits per heavy atom. The van der Waals surface area contributed by atoms with E-state index in [4.69, 9.17) is 0 Å². The summed E-state index contributed by atoms with van der Waals surface area (Å²) in [5.74, 6) is -4.00. The lowest BCUT2D eigenvalue weighted by molar-refractivity contribution is -0.136. The fourth-order valence-corrected chi connectivity index (χ4v) is 5.37. The van der Waals surface area contributed by atoms with Crippen molar-refractivity contribution < 1.29 is 32.8 Å². The van der Waals surface area contributed by atoms with Crippen LogP contribution in [0.4, 0.5) is 14.5 Å². The second-order valence-electron chi connectivity index (χ2n) is 10.6. The van der Waals surface area contributed by atoms with Crippen LogP contribution in [0.5, 0.6) is 0 Å². The van der Waals surface area contributed by atoms with Crippen LogP contribution >= 0.6 is 0 Å². The number of benzene rings is 2. The minimum atomic E-state index is -1.12. The van der Waals surface area contributed by atoms with Gasteiger partial charge in [-0.15, -0.1) is 0 Å². The van der Waals surface area contributed by atoms with E-state index in [1.54, 1.807) is 23.1 Å². The molecule has 3 heterocycles. The topological polar surface area (TPSA) is 116 Å². The summed E-state index contributed by atoms with van der Waals surface area (Å²) >= 11 is 0. The Morgan fingerprint density at radius 1 is 1.03 bits per heavy atom. The molecule has 2 aromatic carbocycles. The van der Waals surface area contributed by atoms with E-state index in [0.29, 0.717) is 38.0 Å². The second-order valence-corrected chi connectivity index (χ2v) is 10.6. The van der Waals surface area contributed by atoms with Gasteiger partial charge in [-0.25, -0.2) is 8.78 Å². The first-order valence-electron chi connectivity index (χ1n) is 12.9. The maximum Gasteiger partial charge on any atom is 0.262 e. The largest absolute Gasteiger partial charge is 0.369 e. The van der Waals surface area contributed by atoms with Crippen LogP contribution in [0.2, 0.25) is 0 Å². The second kappa shape index (κ2) is 10.2. The van der Waals surface area contributed by atoms with E-state index in [9.17, 15) is 28.4 Å². The Morgan fingerprint density at radius 2 is 1.69 bits per heavy atom. The van der Waals surface area contributed by atoms with Gasteiger partial charge in [0, 0.05) is 26.1 Å². The molecule has 2 fully saturated rings. The summed E-state index contributed by atoms with van der Waals surface area (Å²) < 4.78 is 29.0. The van der Waals surface area contributed by atoms with E-state index in [1.165, 1.54) is 12.1 Å². The lowest BCUT2D eigenvalue weighted by atomic mass is 9.80. The van der Waals surface area contributed by atoms with E-state index < -0.39 is 41.3 Å². The Labute approximate surface area is 223 Å². The number of amides is 5. The molecular formula is C28H28F2N4O5. The summed E-state index contributed by atoms with van der Waals surface area (Å²) in [6, 6.07) is 7.40. The number of nitrogens with zero attached hydrogens (tertiary/aromatic N) is 2. The molecule has 0 bridgehead atoms. The molecule has 204 valence electrons. The Hall–Kier alpha value is -4.15. The van der Waals surface area contributed by atoms with E-state index >= 15 is 4.39 Å². The molecule has 11 heteroatoms. The third kappa shape index (κ3) is 5.13. The zero-order valence-electron chi connectivity index (χ0n) is 21.4. The average Bonchev–Trinajstić information content (AvgIpc) is 3.13. The van der Waals surface area contributed by atoms with Crippen LogP contribution in [0.15, 0.2) is 36.4 Å². The van der Waals surface area contributed by atoms with Gasteiger partial charge in [0.05, 0.1) is 23.2 Å². The molecule has 2 N–H and O–H groups in total. The lowest BCUT2D eigenvalue weighted by Crippen LogP contribution is -2.54. The number of piperidine rings is 2. The van der Waals surface area contributed by atoms with Gasteiger partial charge in [0.1, 0.15) is 17.7 Å². The van der Waals surface area contributed by atoms with Gasteiger partial charge in [-0.05, 0) is 48.4 Å². The van der Waals surface area contributed by atoms with Gasteiger partial charge in [-0.1, -0.05) is 25.1 Å². The van der Waals surface area contributed by atoms with Crippen LogP contribution < -0.4 is 15.5 Å². The molecular weight excluding hydrogens is 510 g/mol. The summed E-state index contributed by atoms with van der Waals surface area (Å²) in [5.41, 5.74) is 0.167. The molecule has 0 radical (unpaired) electrons. The van der Waals surface area contributed by atoms with Crippen molar-refractivity contribution in [3.63, 3.8) is 0 Å². The fraction of sp³-hybridized carbons (Fsp3) is 0.393.